The van der Waals surface area contributed by atoms with Crippen molar-refractivity contribution in [2.45, 2.75) is 18.9 Å². The van der Waals surface area contributed by atoms with E-state index in [0.29, 0.717) is 0 Å². The van der Waals surface area contributed by atoms with Crippen LogP contribution in [0.3, 0.4) is 0 Å². The maximum absolute atomic E-state index is 6.17. The zero-order valence-electron chi connectivity index (χ0n) is 11.1. The zero-order chi connectivity index (χ0) is 13.1. The van der Waals surface area contributed by atoms with Crippen LogP contribution >= 0.6 is 0 Å². The summed E-state index contributed by atoms with van der Waals surface area (Å²) in [5.41, 5.74) is 10.3. The molecule has 0 fully saturated rings. The second-order valence-electron chi connectivity index (χ2n) is 5.27. The average Bonchev–Trinajstić information content (AvgIpc) is 2.45. The molecule has 0 saturated heterocycles. The van der Waals surface area contributed by atoms with Gasteiger partial charge in [-0.15, -0.1) is 0 Å². The van der Waals surface area contributed by atoms with E-state index in [1.54, 1.807) is 0 Å². The third kappa shape index (κ3) is 2.79. The molecule has 98 valence electrons. The Kier molecular flexibility index (Phi) is 3.51. The Bertz CT molecular complexity index is 536. The lowest BCUT2D eigenvalue weighted by molar-refractivity contribution is 0.599. The topological polar surface area (TPSA) is 29.3 Å². The summed E-state index contributed by atoms with van der Waals surface area (Å²) in [7, 11) is 0. The zero-order valence-corrected chi connectivity index (χ0v) is 11.1. The van der Waals surface area contributed by atoms with Crippen molar-refractivity contribution in [3.05, 3.63) is 65.7 Å². The Morgan fingerprint density at radius 3 is 2.58 bits per heavy atom. The average molecular weight is 252 g/mol. The molecule has 1 aliphatic heterocycles. The lowest BCUT2D eigenvalue weighted by atomic mass is 9.98. The van der Waals surface area contributed by atoms with Crippen molar-refractivity contribution in [1.82, 2.24) is 0 Å². The van der Waals surface area contributed by atoms with Gasteiger partial charge in [0.15, 0.2) is 0 Å². The van der Waals surface area contributed by atoms with Crippen LogP contribution in [0.2, 0.25) is 0 Å². The molecule has 2 aromatic rings. The normalized spacial score (nSPS) is 18.2. The van der Waals surface area contributed by atoms with Crippen molar-refractivity contribution >= 4 is 5.69 Å². The SMILES string of the molecule is NC1Cc2ccccc2N(CCc2ccccc2)C1. The number of fused-ring (bicyclic) bond motifs is 1. The first-order chi connectivity index (χ1) is 9.33. The first-order valence-electron chi connectivity index (χ1n) is 6.95. The molecule has 0 spiro atoms. The van der Waals surface area contributed by atoms with Gasteiger partial charge in [0.2, 0.25) is 0 Å². The van der Waals surface area contributed by atoms with Gasteiger partial charge < -0.3 is 10.6 Å². The van der Waals surface area contributed by atoms with Crippen molar-refractivity contribution in [2.75, 3.05) is 18.0 Å². The summed E-state index contributed by atoms with van der Waals surface area (Å²) >= 11 is 0. The molecular weight excluding hydrogens is 232 g/mol. The molecule has 0 saturated carbocycles. The molecule has 19 heavy (non-hydrogen) atoms. The summed E-state index contributed by atoms with van der Waals surface area (Å²) < 4.78 is 0. The van der Waals surface area contributed by atoms with Crippen LogP contribution in [-0.2, 0) is 12.8 Å². The molecule has 2 aromatic carbocycles. The summed E-state index contributed by atoms with van der Waals surface area (Å²) in [6, 6.07) is 19.5. The highest BCUT2D eigenvalue weighted by atomic mass is 15.1. The number of nitrogens with zero attached hydrogens (tertiary/aromatic N) is 1. The fourth-order valence-corrected chi connectivity index (χ4v) is 2.84. The predicted molar refractivity (Wildman–Crippen MR) is 80.5 cm³/mol. The quantitative estimate of drug-likeness (QED) is 0.910. The molecule has 2 N–H and O–H groups in total. The molecule has 1 atom stereocenters. The van der Waals surface area contributed by atoms with E-state index in [1.807, 2.05) is 0 Å². The van der Waals surface area contributed by atoms with Gasteiger partial charge in [-0.25, -0.2) is 0 Å². The van der Waals surface area contributed by atoms with Crippen LogP contribution in [0.5, 0.6) is 0 Å². The van der Waals surface area contributed by atoms with Gasteiger partial charge >= 0.3 is 0 Å². The second kappa shape index (κ2) is 5.45. The molecule has 2 nitrogen and oxygen atoms in total. The van der Waals surface area contributed by atoms with Gasteiger partial charge in [0, 0.05) is 24.8 Å². The van der Waals surface area contributed by atoms with E-state index in [1.165, 1.54) is 16.8 Å². The van der Waals surface area contributed by atoms with Crippen LogP contribution < -0.4 is 10.6 Å². The highest BCUT2D eigenvalue weighted by molar-refractivity contribution is 5.56. The molecule has 0 aliphatic carbocycles. The molecular formula is C17H20N2. The van der Waals surface area contributed by atoms with E-state index in [-0.39, 0.29) is 6.04 Å². The molecule has 0 amide bonds. The van der Waals surface area contributed by atoms with E-state index < -0.39 is 0 Å². The van der Waals surface area contributed by atoms with Gasteiger partial charge in [0.1, 0.15) is 0 Å². The summed E-state index contributed by atoms with van der Waals surface area (Å²) in [6.45, 7) is 2.00. The molecule has 1 heterocycles. The molecule has 1 unspecified atom stereocenters. The van der Waals surface area contributed by atoms with Crippen LogP contribution in [0.4, 0.5) is 5.69 Å². The van der Waals surface area contributed by atoms with E-state index >= 15 is 0 Å². The summed E-state index contributed by atoms with van der Waals surface area (Å²) in [4.78, 5) is 2.43. The van der Waals surface area contributed by atoms with Crippen LogP contribution in [0.1, 0.15) is 11.1 Å². The standard InChI is InChI=1S/C17H20N2/c18-16-12-15-8-4-5-9-17(15)19(13-16)11-10-14-6-2-1-3-7-14/h1-9,16H,10-13,18H2. The highest BCUT2D eigenvalue weighted by Gasteiger charge is 2.20. The second-order valence-corrected chi connectivity index (χ2v) is 5.27. The number of para-hydroxylation sites is 1. The van der Waals surface area contributed by atoms with Gasteiger partial charge in [-0.2, -0.15) is 0 Å². The lowest BCUT2D eigenvalue weighted by Crippen LogP contribution is -2.44. The van der Waals surface area contributed by atoms with Gasteiger partial charge in [-0.3, -0.25) is 0 Å². The Hall–Kier alpha value is -1.80. The third-order valence-electron chi connectivity index (χ3n) is 3.78. The number of nitrogens with two attached hydrogens (primary N) is 1. The fourth-order valence-electron chi connectivity index (χ4n) is 2.84. The highest BCUT2D eigenvalue weighted by Crippen LogP contribution is 2.26. The minimum absolute atomic E-state index is 0.255. The van der Waals surface area contributed by atoms with Crippen molar-refractivity contribution in [3.8, 4) is 0 Å². The van der Waals surface area contributed by atoms with Crippen molar-refractivity contribution < 1.29 is 0 Å². The Morgan fingerprint density at radius 2 is 1.74 bits per heavy atom. The van der Waals surface area contributed by atoms with Crippen molar-refractivity contribution in [2.24, 2.45) is 5.73 Å². The number of benzene rings is 2. The van der Waals surface area contributed by atoms with Gasteiger partial charge in [-0.05, 0) is 30.0 Å². The number of rotatable bonds is 3. The van der Waals surface area contributed by atoms with E-state index in [2.05, 4.69) is 59.5 Å². The lowest BCUT2D eigenvalue weighted by Gasteiger charge is -2.34. The molecule has 0 radical (unpaired) electrons. The summed E-state index contributed by atoms with van der Waals surface area (Å²) in [5, 5.41) is 0. The van der Waals surface area contributed by atoms with Crippen LogP contribution in [-0.4, -0.2) is 19.1 Å². The van der Waals surface area contributed by atoms with E-state index in [9.17, 15) is 0 Å². The van der Waals surface area contributed by atoms with Crippen LogP contribution in [0, 0.1) is 0 Å². The molecule has 1 aliphatic rings. The third-order valence-corrected chi connectivity index (χ3v) is 3.78. The molecule has 2 heteroatoms. The minimum Gasteiger partial charge on any atom is -0.369 e. The summed E-state index contributed by atoms with van der Waals surface area (Å²) in [5.74, 6) is 0. The predicted octanol–water partition coefficient (Wildman–Crippen LogP) is 2.62. The number of anilines is 1. The molecule has 3 rings (SSSR count). The summed E-state index contributed by atoms with van der Waals surface area (Å²) in [6.07, 6.45) is 2.07. The van der Waals surface area contributed by atoms with Crippen LogP contribution in [0.15, 0.2) is 54.6 Å². The number of hydrogen-bond donors (Lipinski definition) is 1. The van der Waals surface area contributed by atoms with Crippen LogP contribution in [0.25, 0.3) is 0 Å². The first-order valence-corrected chi connectivity index (χ1v) is 6.95. The van der Waals surface area contributed by atoms with Gasteiger partial charge in [0.25, 0.3) is 0 Å². The van der Waals surface area contributed by atoms with Crippen molar-refractivity contribution in [1.29, 1.82) is 0 Å². The first kappa shape index (κ1) is 12.2. The van der Waals surface area contributed by atoms with Gasteiger partial charge in [0.05, 0.1) is 0 Å². The largest absolute Gasteiger partial charge is 0.369 e. The smallest absolute Gasteiger partial charge is 0.0400 e. The van der Waals surface area contributed by atoms with Gasteiger partial charge in [-0.1, -0.05) is 48.5 Å². The molecule has 0 bridgehead atoms. The van der Waals surface area contributed by atoms with E-state index in [4.69, 9.17) is 5.73 Å². The molecule has 0 aromatic heterocycles. The Morgan fingerprint density at radius 1 is 1.00 bits per heavy atom. The Labute approximate surface area is 114 Å². The Balaban J connectivity index is 1.74. The van der Waals surface area contributed by atoms with Crippen molar-refractivity contribution in [3.63, 3.8) is 0 Å². The minimum atomic E-state index is 0.255. The maximum atomic E-state index is 6.17. The van der Waals surface area contributed by atoms with E-state index in [0.717, 1.165) is 25.9 Å². The fraction of sp³-hybridized carbons (Fsp3) is 0.294. The monoisotopic (exact) mass is 252 g/mol. The maximum Gasteiger partial charge on any atom is 0.0400 e. The number of hydrogen-bond acceptors (Lipinski definition) is 2.